The first-order valence-electron chi connectivity index (χ1n) is 5.26. The topological polar surface area (TPSA) is 101 Å². The summed E-state index contributed by atoms with van der Waals surface area (Å²) in [6.07, 6.45) is -2.49. The number of rotatable bonds is 5. The maximum Gasteiger partial charge on any atom is 0.270 e. The fourth-order valence-corrected chi connectivity index (χ4v) is 2.24. The van der Waals surface area contributed by atoms with E-state index in [2.05, 4.69) is 0 Å². The van der Waals surface area contributed by atoms with E-state index in [0.717, 1.165) is 17.8 Å². The molecule has 0 amide bonds. The number of aliphatic hydroxyl groups excluding tert-OH is 2. The second kappa shape index (κ2) is 6.85. The number of carbonyl (C=O) groups excluding carboxylic acids is 1. The average molecular weight is 306 g/mol. The third-order valence-electron chi connectivity index (χ3n) is 2.34. The Kier molecular flexibility index (Phi) is 5.74. The fraction of sp³-hybridized carbons (Fsp3) is 0.364. The van der Waals surface area contributed by atoms with Crippen LogP contribution in [0.5, 0.6) is 0 Å². The van der Waals surface area contributed by atoms with E-state index in [1.165, 1.54) is 19.1 Å². The summed E-state index contributed by atoms with van der Waals surface area (Å²) in [5.41, 5.74) is -0.0162. The van der Waals surface area contributed by atoms with Crippen molar-refractivity contribution in [3.63, 3.8) is 0 Å². The molecule has 0 saturated heterocycles. The third kappa shape index (κ3) is 4.46. The lowest BCUT2D eigenvalue weighted by Crippen LogP contribution is -2.21. The number of aliphatic hydroxyl groups is 2. The van der Waals surface area contributed by atoms with Gasteiger partial charge in [-0.3, -0.25) is 14.9 Å². The predicted octanol–water partition coefficient (Wildman–Crippen LogP) is 1.92. The molecule has 2 atom stereocenters. The molecule has 104 valence electrons. The Hall–Kier alpha value is -1.15. The van der Waals surface area contributed by atoms with Crippen molar-refractivity contribution < 1.29 is 19.9 Å². The van der Waals surface area contributed by atoms with Crippen LogP contribution >= 0.6 is 23.4 Å². The highest BCUT2D eigenvalue weighted by molar-refractivity contribution is 8.13. The quantitative estimate of drug-likeness (QED) is 0.636. The fourth-order valence-electron chi connectivity index (χ4n) is 1.37. The minimum Gasteiger partial charge on any atom is -0.389 e. The Morgan fingerprint density at radius 2 is 2.16 bits per heavy atom. The SMILES string of the molecule is CC(=O)SCC(O)C(O)c1ccc([N+](=O)[O-])cc1Cl. The summed E-state index contributed by atoms with van der Waals surface area (Å²) < 4.78 is 0. The Morgan fingerprint density at radius 3 is 2.63 bits per heavy atom. The van der Waals surface area contributed by atoms with E-state index in [4.69, 9.17) is 11.6 Å². The third-order valence-corrected chi connectivity index (χ3v) is 3.58. The average Bonchev–Trinajstić information content (AvgIpc) is 2.34. The van der Waals surface area contributed by atoms with Gasteiger partial charge in [0, 0.05) is 30.4 Å². The second-order valence-corrected chi connectivity index (χ2v) is 5.38. The lowest BCUT2D eigenvalue weighted by molar-refractivity contribution is -0.384. The van der Waals surface area contributed by atoms with Crippen molar-refractivity contribution in [2.75, 3.05) is 5.75 Å². The first kappa shape index (κ1) is 15.9. The molecule has 0 aromatic heterocycles. The number of benzene rings is 1. The molecule has 19 heavy (non-hydrogen) atoms. The Morgan fingerprint density at radius 1 is 1.53 bits per heavy atom. The van der Waals surface area contributed by atoms with Gasteiger partial charge in [0.15, 0.2) is 5.12 Å². The van der Waals surface area contributed by atoms with Crippen LogP contribution in [0.1, 0.15) is 18.6 Å². The summed E-state index contributed by atoms with van der Waals surface area (Å²) >= 11 is 6.70. The lowest BCUT2D eigenvalue weighted by atomic mass is 10.1. The van der Waals surface area contributed by atoms with Crippen molar-refractivity contribution in [1.82, 2.24) is 0 Å². The summed E-state index contributed by atoms with van der Waals surface area (Å²) in [7, 11) is 0. The van der Waals surface area contributed by atoms with E-state index in [1.54, 1.807) is 0 Å². The smallest absolute Gasteiger partial charge is 0.270 e. The van der Waals surface area contributed by atoms with E-state index >= 15 is 0 Å². The number of nitro benzene ring substituents is 1. The summed E-state index contributed by atoms with van der Waals surface area (Å²) in [5, 5.41) is 29.9. The Bertz CT molecular complexity index is 496. The normalized spacial score (nSPS) is 13.9. The molecule has 0 saturated carbocycles. The molecule has 0 radical (unpaired) electrons. The minimum atomic E-state index is -1.31. The maximum absolute atomic E-state index is 10.8. The number of hydrogen-bond donors (Lipinski definition) is 2. The van der Waals surface area contributed by atoms with Gasteiger partial charge in [0.25, 0.3) is 5.69 Å². The lowest BCUT2D eigenvalue weighted by Gasteiger charge is -2.18. The van der Waals surface area contributed by atoms with Crippen LogP contribution < -0.4 is 0 Å². The van der Waals surface area contributed by atoms with Gasteiger partial charge in [0.1, 0.15) is 6.10 Å². The van der Waals surface area contributed by atoms with Crippen LogP contribution in [-0.2, 0) is 4.79 Å². The highest BCUT2D eigenvalue weighted by Gasteiger charge is 2.22. The van der Waals surface area contributed by atoms with Gasteiger partial charge in [0.05, 0.1) is 16.0 Å². The van der Waals surface area contributed by atoms with E-state index < -0.39 is 17.1 Å². The van der Waals surface area contributed by atoms with E-state index in [9.17, 15) is 25.1 Å². The van der Waals surface area contributed by atoms with Crippen LogP contribution in [0.3, 0.4) is 0 Å². The molecule has 0 aliphatic rings. The Balaban J connectivity index is 2.84. The molecular weight excluding hydrogens is 294 g/mol. The van der Waals surface area contributed by atoms with Gasteiger partial charge >= 0.3 is 0 Å². The maximum atomic E-state index is 10.8. The number of non-ortho nitro benzene ring substituents is 1. The van der Waals surface area contributed by atoms with Crippen molar-refractivity contribution in [3.05, 3.63) is 38.9 Å². The number of hydrogen-bond acceptors (Lipinski definition) is 6. The molecule has 2 unspecified atom stereocenters. The zero-order chi connectivity index (χ0) is 14.6. The molecule has 0 heterocycles. The molecule has 2 N–H and O–H groups in total. The molecule has 0 aliphatic carbocycles. The van der Waals surface area contributed by atoms with Crippen LogP contribution in [0, 0.1) is 10.1 Å². The van der Waals surface area contributed by atoms with Gasteiger partial charge in [-0.05, 0) is 6.07 Å². The van der Waals surface area contributed by atoms with Crippen LogP contribution in [0.4, 0.5) is 5.69 Å². The van der Waals surface area contributed by atoms with Crippen LogP contribution in [-0.4, -0.2) is 32.1 Å². The van der Waals surface area contributed by atoms with Crippen molar-refractivity contribution in [1.29, 1.82) is 0 Å². The molecule has 0 fully saturated rings. The zero-order valence-electron chi connectivity index (χ0n) is 9.95. The van der Waals surface area contributed by atoms with Crippen LogP contribution in [0.15, 0.2) is 18.2 Å². The highest BCUT2D eigenvalue weighted by Crippen LogP contribution is 2.29. The van der Waals surface area contributed by atoms with Gasteiger partial charge in [-0.2, -0.15) is 0 Å². The standard InChI is InChI=1S/C11H12ClNO5S/c1-6(14)19-5-10(15)11(16)8-3-2-7(13(17)18)4-9(8)12/h2-4,10-11,15-16H,5H2,1H3. The monoisotopic (exact) mass is 305 g/mol. The molecule has 0 aliphatic heterocycles. The van der Waals surface area contributed by atoms with Gasteiger partial charge < -0.3 is 10.2 Å². The van der Waals surface area contributed by atoms with Crippen molar-refractivity contribution in [2.24, 2.45) is 0 Å². The molecular formula is C11H12ClNO5S. The van der Waals surface area contributed by atoms with Gasteiger partial charge in [0.2, 0.25) is 0 Å². The number of halogens is 1. The second-order valence-electron chi connectivity index (χ2n) is 3.78. The van der Waals surface area contributed by atoms with Gasteiger partial charge in [-0.25, -0.2) is 0 Å². The first-order chi connectivity index (χ1) is 8.82. The molecule has 0 bridgehead atoms. The zero-order valence-corrected chi connectivity index (χ0v) is 11.5. The number of nitro groups is 1. The van der Waals surface area contributed by atoms with E-state index in [1.807, 2.05) is 0 Å². The summed E-state index contributed by atoms with van der Waals surface area (Å²) in [4.78, 5) is 20.7. The highest BCUT2D eigenvalue weighted by atomic mass is 35.5. The van der Waals surface area contributed by atoms with Gasteiger partial charge in [-0.1, -0.05) is 23.4 Å². The molecule has 6 nitrogen and oxygen atoms in total. The van der Waals surface area contributed by atoms with Crippen LogP contribution in [0.2, 0.25) is 5.02 Å². The minimum absolute atomic E-state index is 0.00595. The van der Waals surface area contributed by atoms with E-state index in [-0.39, 0.29) is 27.1 Å². The van der Waals surface area contributed by atoms with E-state index in [0.29, 0.717) is 0 Å². The molecule has 1 aromatic carbocycles. The predicted molar refractivity (Wildman–Crippen MR) is 72.2 cm³/mol. The number of carbonyl (C=O) groups is 1. The molecule has 8 heteroatoms. The van der Waals surface area contributed by atoms with Crippen molar-refractivity contribution in [3.8, 4) is 0 Å². The molecule has 1 rings (SSSR count). The largest absolute Gasteiger partial charge is 0.389 e. The molecule has 1 aromatic rings. The molecule has 0 spiro atoms. The summed E-state index contributed by atoms with van der Waals surface area (Å²) in [6.45, 7) is 1.35. The number of nitrogens with zero attached hydrogens (tertiary/aromatic N) is 1. The van der Waals surface area contributed by atoms with Crippen molar-refractivity contribution in [2.45, 2.75) is 19.1 Å². The number of thioether (sulfide) groups is 1. The van der Waals surface area contributed by atoms with Crippen molar-refractivity contribution >= 4 is 34.2 Å². The first-order valence-corrected chi connectivity index (χ1v) is 6.62. The summed E-state index contributed by atoms with van der Waals surface area (Å²) in [6, 6.07) is 3.58. The van der Waals surface area contributed by atoms with Crippen LogP contribution in [0.25, 0.3) is 0 Å². The van der Waals surface area contributed by atoms with Gasteiger partial charge in [-0.15, -0.1) is 0 Å². The Labute approximate surface area is 118 Å². The summed E-state index contributed by atoms with van der Waals surface area (Å²) in [5.74, 6) is 0.0177.